The third kappa shape index (κ3) is 1.82. The van der Waals surface area contributed by atoms with Crippen LogP contribution in [0.25, 0.3) is 10.9 Å². The molecular formula is C11H11BrN2O2. The van der Waals surface area contributed by atoms with E-state index in [2.05, 4.69) is 25.9 Å². The van der Waals surface area contributed by atoms with Gasteiger partial charge in [-0.05, 0) is 35.8 Å². The van der Waals surface area contributed by atoms with Gasteiger partial charge in [0.2, 0.25) is 0 Å². The predicted molar refractivity (Wildman–Crippen MR) is 64.5 cm³/mol. The number of nitrogens with one attached hydrogen (secondary N) is 1. The summed E-state index contributed by atoms with van der Waals surface area (Å²) in [6, 6.07) is 1.70. The van der Waals surface area contributed by atoms with E-state index in [9.17, 15) is 4.79 Å². The summed E-state index contributed by atoms with van der Waals surface area (Å²) in [6.45, 7) is 4.08. The van der Waals surface area contributed by atoms with Gasteiger partial charge in [-0.2, -0.15) is 0 Å². The van der Waals surface area contributed by atoms with Gasteiger partial charge >= 0.3 is 5.97 Å². The maximum atomic E-state index is 11.5. The van der Waals surface area contributed by atoms with E-state index in [1.54, 1.807) is 19.2 Å². The van der Waals surface area contributed by atoms with Gasteiger partial charge < -0.3 is 9.72 Å². The van der Waals surface area contributed by atoms with Crippen LogP contribution in [0, 0.1) is 6.92 Å². The lowest BCUT2D eigenvalue weighted by molar-refractivity contribution is 0.0519. The van der Waals surface area contributed by atoms with Crippen molar-refractivity contribution in [3.8, 4) is 0 Å². The Labute approximate surface area is 101 Å². The number of pyridine rings is 1. The van der Waals surface area contributed by atoms with Crippen molar-refractivity contribution in [2.45, 2.75) is 13.8 Å². The zero-order chi connectivity index (χ0) is 11.7. The summed E-state index contributed by atoms with van der Waals surface area (Å²) in [6.07, 6.45) is 1.66. The van der Waals surface area contributed by atoms with E-state index in [-0.39, 0.29) is 0 Å². The molecule has 0 unspecified atom stereocenters. The third-order valence-corrected chi connectivity index (χ3v) is 3.30. The lowest BCUT2D eigenvalue weighted by atomic mass is 10.3. The number of hydrogen-bond acceptors (Lipinski definition) is 3. The number of ether oxygens (including phenoxy) is 1. The second-order valence-electron chi connectivity index (χ2n) is 3.40. The standard InChI is InChI=1S/C11H11BrN2O2/c1-3-16-11(15)9-4-8-7(5-13-9)10(12)6(2)14-8/h4-5,14H,3H2,1-2H3. The minimum atomic E-state index is -0.396. The van der Waals surface area contributed by atoms with E-state index in [0.717, 1.165) is 21.1 Å². The largest absolute Gasteiger partial charge is 0.461 e. The molecule has 16 heavy (non-hydrogen) atoms. The number of halogens is 1. The van der Waals surface area contributed by atoms with E-state index < -0.39 is 5.97 Å². The molecule has 0 spiro atoms. The van der Waals surface area contributed by atoms with Crippen molar-refractivity contribution in [1.29, 1.82) is 0 Å². The van der Waals surface area contributed by atoms with Crippen LogP contribution in [0.15, 0.2) is 16.7 Å². The van der Waals surface area contributed by atoms with E-state index in [1.165, 1.54) is 0 Å². The average Bonchev–Trinajstić information content (AvgIpc) is 2.55. The molecule has 0 atom stereocenters. The lowest BCUT2D eigenvalue weighted by Gasteiger charge is -2.00. The fourth-order valence-corrected chi connectivity index (χ4v) is 1.92. The van der Waals surface area contributed by atoms with Crippen LogP contribution in [0.4, 0.5) is 0 Å². The molecule has 0 amide bonds. The van der Waals surface area contributed by atoms with E-state index in [1.807, 2.05) is 6.92 Å². The van der Waals surface area contributed by atoms with Gasteiger partial charge in [0.05, 0.1) is 12.1 Å². The Hall–Kier alpha value is -1.36. The second-order valence-corrected chi connectivity index (χ2v) is 4.19. The van der Waals surface area contributed by atoms with Crippen LogP contribution in [0.1, 0.15) is 23.1 Å². The number of aryl methyl sites for hydroxylation is 1. The summed E-state index contributed by atoms with van der Waals surface area (Å²) >= 11 is 3.46. The highest BCUT2D eigenvalue weighted by Gasteiger charge is 2.12. The van der Waals surface area contributed by atoms with Crippen molar-refractivity contribution in [2.75, 3.05) is 6.61 Å². The molecule has 0 saturated carbocycles. The molecule has 0 aliphatic heterocycles. The van der Waals surface area contributed by atoms with Crippen LogP contribution >= 0.6 is 15.9 Å². The minimum Gasteiger partial charge on any atom is -0.461 e. The molecule has 0 saturated heterocycles. The van der Waals surface area contributed by atoms with Gasteiger partial charge in [-0.15, -0.1) is 0 Å². The molecule has 0 aliphatic carbocycles. The summed E-state index contributed by atoms with van der Waals surface area (Å²) in [5, 5.41) is 0.963. The number of hydrogen-bond donors (Lipinski definition) is 1. The van der Waals surface area contributed by atoms with Gasteiger partial charge in [-0.25, -0.2) is 9.78 Å². The fourth-order valence-electron chi connectivity index (χ4n) is 1.51. The number of rotatable bonds is 2. The highest BCUT2D eigenvalue weighted by atomic mass is 79.9. The monoisotopic (exact) mass is 282 g/mol. The summed E-state index contributed by atoms with van der Waals surface area (Å²) < 4.78 is 5.86. The average molecular weight is 283 g/mol. The summed E-state index contributed by atoms with van der Waals surface area (Å²) in [7, 11) is 0. The molecular weight excluding hydrogens is 272 g/mol. The molecule has 0 aliphatic rings. The zero-order valence-electron chi connectivity index (χ0n) is 9.00. The summed E-state index contributed by atoms with van der Waals surface area (Å²) in [5.74, 6) is -0.396. The third-order valence-electron chi connectivity index (χ3n) is 2.28. The molecule has 0 radical (unpaired) electrons. The quantitative estimate of drug-likeness (QED) is 0.862. The molecule has 4 nitrogen and oxygen atoms in total. The number of fused-ring (bicyclic) bond motifs is 1. The topological polar surface area (TPSA) is 55.0 Å². The van der Waals surface area contributed by atoms with E-state index in [4.69, 9.17) is 4.74 Å². The zero-order valence-corrected chi connectivity index (χ0v) is 10.6. The molecule has 0 fully saturated rings. The van der Waals surface area contributed by atoms with Crippen LogP contribution in [-0.4, -0.2) is 22.5 Å². The van der Waals surface area contributed by atoms with Crippen LogP contribution < -0.4 is 0 Å². The molecule has 2 aromatic rings. The molecule has 0 aromatic carbocycles. The van der Waals surface area contributed by atoms with Crippen molar-refractivity contribution in [1.82, 2.24) is 9.97 Å². The fraction of sp³-hybridized carbons (Fsp3) is 0.273. The van der Waals surface area contributed by atoms with Gasteiger partial charge in [0, 0.05) is 21.7 Å². The summed E-state index contributed by atoms with van der Waals surface area (Å²) in [4.78, 5) is 18.7. The van der Waals surface area contributed by atoms with Crippen LogP contribution in [-0.2, 0) is 4.74 Å². The Morgan fingerprint density at radius 2 is 2.38 bits per heavy atom. The second kappa shape index (κ2) is 4.25. The maximum absolute atomic E-state index is 11.5. The first-order valence-corrected chi connectivity index (χ1v) is 5.73. The molecule has 84 valence electrons. The Bertz CT molecular complexity index is 548. The van der Waals surface area contributed by atoms with Crippen LogP contribution in [0.5, 0.6) is 0 Å². The normalized spacial score (nSPS) is 10.7. The molecule has 2 heterocycles. The number of carbonyl (C=O) groups excluding carboxylic acids is 1. The van der Waals surface area contributed by atoms with Gasteiger partial charge in [0.25, 0.3) is 0 Å². The van der Waals surface area contributed by atoms with Gasteiger partial charge in [0.1, 0.15) is 5.69 Å². The number of aromatic nitrogens is 2. The van der Waals surface area contributed by atoms with Crippen molar-refractivity contribution < 1.29 is 9.53 Å². The Balaban J connectivity index is 2.48. The van der Waals surface area contributed by atoms with Crippen molar-refractivity contribution in [2.24, 2.45) is 0 Å². The van der Waals surface area contributed by atoms with Crippen LogP contribution in [0.3, 0.4) is 0 Å². The lowest BCUT2D eigenvalue weighted by Crippen LogP contribution is -2.06. The highest BCUT2D eigenvalue weighted by molar-refractivity contribution is 9.10. The van der Waals surface area contributed by atoms with E-state index >= 15 is 0 Å². The smallest absolute Gasteiger partial charge is 0.356 e. The van der Waals surface area contributed by atoms with Crippen molar-refractivity contribution in [3.63, 3.8) is 0 Å². The Morgan fingerprint density at radius 3 is 3.06 bits per heavy atom. The highest BCUT2D eigenvalue weighted by Crippen LogP contribution is 2.26. The first-order valence-electron chi connectivity index (χ1n) is 4.94. The number of aromatic amines is 1. The molecule has 5 heteroatoms. The maximum Gasteiger partial charge on any atom is 0.356 e. The van der Waals surface area contributed by atoms with E-state index in [0.29, 0.717) is 12.3 Å². The number of H-pyrrole nitrogens is 1. The Morgan fingerprint density at radius 1 is 1.62 bits per heavy atom. The van der Waals surface area contributed by atoms with Crippen LogP contribution in [0.2, 0.25) is 0 Å². The summed E-state index contributed by atoms with van der Waals surface area (Å²) in [5.41, 5.74) is 2.21. The molecule has 2 rings (SSSR count). The first-order chi connectivity index (χ1) is 7.63. The Kier molecular flexibility index (Phi) is 2.96. The number of esters is 1. The van der Waals surface area contributed by atoms with Gasteiger partial charge in [0.15, 0.2) is 0 Å². The molecule has 1 N–H and O–H groups in total. The van der Waals surface area contributed by atoms with Gasteiger partial charge in [-0.3, -0.25) is 0 Å². The number of carbonyl (C=O) groups is 1. The minimum absolute atomic E-state index is 0.322. The predicted octanol–water partition coefficient (Wildman–Crippen LogP) is 2.81. The molecule has 0 bridgehead atoms. The SMILES string of the molecule is CCOC(=O)c1cc2[nH]c(C)c(Br)c2cn1. The van der Waals surface area contributed by atoms with Gasteiger partial charge in [-0.1, -0.05) is 0 Å². The van der Waals surface area contributed by atoms with Crippen molar-refractivity contribution in [3.05, 3.63) is 28.1 Å². The van der Waals surface area contributed by atoms with Crippen molar-refractivity contribution >= 4 is 32.8 Å². The number of nitrogens with zero attached hydrogens (tertiary/aromatic N) is 1. The molecule has 2 aromatic heterocycles. The first kappa shape index (κ1) is 11.1.